The van der Waals surface area contributed by atoms with Crippen molar-refractivity contribution in [3.05, 3.63) is 99.2 Å². The Morgan fingerprint density at radius 1 is 0.837 bits per heavy atom. The molecule has 0 atom stereocenters. The quantitative estimate of drug-likeness (QED) is 0.221. The first-order chi connectivity index (χ1) is 20.5. The highest BCUT2D eigenvalue weighted by atomic mass is 16.5. The Kier molecular flexibility index (Phi) is 9.80. The van der Waals surface area contributed by atoms with Gasteiger partial charge in [-0.2, -0.15) is 5.10 Å². The molecule has 0 amide bonds. The fourth-order valence-electron chi connectivity index (χ4n) is 4.72. The summed E-state index contributed by atoms with van der Waals surface area (Å²) in [6.07, 6.45) is 2.06. The molecule has 3 aromatic carbocycles. The SMILES string of the molecule is COc1cc(Cn2c(CCCc3ccc(OC(C)(C)C(=O)O)cc3)nn(Cc3ccc(C)cc3)c2=O)cc(OC)c1OC. The van der Waals surface area contributed by atoms with Crippen LogP contribution in [0.2, 0.25) is 0 Å². The van der Waals surface area contributed by atoms with Crippen LogP contribution in [-0.2, 0) is 30.7 Å². The fraction of sp³-hybridized carbons (Fsp3) is 0.364. The third-order valence-electron chi connectivity index (χ3n) is 7.19. The first-order valence-corrected chi connectivity index (χ1v) is 14.1. The molecular weight excluding hydrogens is 550 g/mol. The van der Waals surface area contributed by atoms with Crippen LogP contribution in [0.5, 0.6) is 23.0 Å². The molecule has 1 N–H and O–H groups in total. The van der Waals surface area contributed by atoms with Crippen molar-refractivity contribution >= 4 is 5.97 Å². The highest BCUT2D eigenvalue weighted by Gasteiger charge is 2.29. The lowest BCUT2D eigenvalue weighted by atomic mass is 10.1. The zero-order valence-electron chi connectivity index (χ0n) is 25.5. The van der Waals surface area contributed by atoms with E-state index in [1.54, 1.807) is 38.0 Å². The van der Waals surface area contributed by atoms with Gasteiger partial charge in [0.2, 0.25) is 5.75 Å². The van der Waals surface area contributed by atoms with Crippen LogP contribution in [0.4, 0.5) is 0 Å². The lowest BCUT2D eigenvalue weighted by molar-refractivity contribution is -0.152. The first kappa shape index (κ1) is 31.2. The Morgan fingerprint density at radius 3 is 2.00 bits per heavy atom. The third-order valence-corrected chi connectivity index (χ3v) is 7.19. The molecule has 1 aromatic heterocycles. The summed E-state index contributed by atoms with van der Waals surface area (Å²) in [5.41, 5.74) is 2.50. The molecule has 0 spiro atoms. The van der Waals surface area contributed by atoms with Crippen molar-refractivity contribution in [2.24, 2.45) is 0 Å². The Balaban J connectivity index is 1.57. The van der Waals surface area contributed by atoms with Crippen LogP contribution in [0.3, 0.4) is 0 Å². The summed E-state index contributed by atoms with van der Waals surface area (Å²) in [5, 5.41) is 14.1. The number of aromatic nitrogens is 3. The van der Waals surface area contributed by atoms with Gasteiger partial charge in [-0.3, -0.25) is 4.57 Å². The third kappa shape index (κ3) is 7.57. The number of methoxy groups -OCH3 is 3. The molecule has 0 fully saturated rings. The highest BCUT2D eigenvalue weighted by Crippen LogP contribution is 2.38. The van der Waals surface area contributed by atoms with E-state index >= 15 is 0 Å². The molecule has 10 heteroatoms. The van der Waals surface area contributed by atoms with Gasteiger partial charge < -0.3 is 24.1 Å². The second-order valence-corrected chi connectivity index (χ2v) is 10.9. The molecule has 4 aromatic rings. The van der Waals surface area contributed by atoms with Gasteiger partial charge in [-0.15, -0.1) is 0 Å². The molecule has 0 bridgehead atoms. The van der Waals surface area contributed by atoms with Crippen LogP contribution in [-0.4, -0.2) is 52.4 Å². The largest absolute Gasteiger partial charge is 0.493 e. The number of aryl methyl sites for hydroxylation is 3. The number of carboxylic acid groups (broad SMARTS) is 1. The van der Waals surface area contributed by atoms with Crippen LogP contribution in [0.15, 0.2) is 65.5 Å². The Labute approximate surface area is 251 Å². The summed E-state index contributed by atoms with van der Waals surface area (Å²) in [5.74, 6) is 1.64. The summed E-state index contributed by atoms with van der Waals surface area (Å²) in [4.78, 5) is 25.0. The minimum Gasteiger partial charge on any atom is -0.493 e. The molecule has 0 saturated heterocycles. The van der Waals surface area contributed by atoms with E-state index in [0.29, 0.717) is 41.8 Å². The van der Waals surface area contributed by atoms with Crippen LogP contribution >= 0.6 is 0 Å². The molecule has 1 heterocycles. The molecule has 0 radical (unpaired) electrons. The molecule has 0 unspecified atom stereocenters. The maximum atomic E-state index is 13.7. The van der Waals surface area contributed by atoms with Gasteiger partial charge in [-0.05, 0) is 74.6 Å². The number of ether oxygens (including phenoxy) is 4. The van der Waals surface area contributed by atoms with Crippen molar-refractivity contribution in [1.82, 2.24) is 14.3 Å². The summed E-state index contributed by atoms with van der Waals surface area (Å²) < 4.78 is 25.3. The van der Waals surface area contributed by atoms with E-state index in [2.05, 4.69) is 0 Å². The number of carboxylic acids is 1. The summed E-state index contributed by atoms with van der Waals surface area (Å²) in [6, 6.07) is 19.1. The lowest BCUT2D eigenvalue weighted by Gasteiger charge is -2.21. The van der Waals surface area contributed by atoms with E-state index in [4.69, 9.17) is 24.0 Å². The summed E-state index contributed by atoms with van der Waals surface area (Å²) in [7, 11) is 4.67. The van der Waals surface area contributed by atoms with Gasteiger partial charge >= 0.3 is 11.7 Å². The average molecular weight is 590 g/mol. The predicted octanol–water partition coefficient (Wildman–Crippen LogP) is 4.89. The Bertz CT molecular complexity index is 1580. The van der Waals surface area contributed by atoms with Gasteiger partial charge in [-0.1, -0.05) is 42.0 Å². The topological polar surface area (TPSA) is 114 Å². The molecule has 0 aliphatic heterocycles. The zero-order valence-corrected chi connectivity index (χ0v) is 25.5. The van der Waals surface area contributed by atoms with Gasteiger partial charge in [0, 0.05) is 6.42 Å². The monoisotopic (exact) mass is 589 g/mol. The second-order valence-electron chi connectivity index (χ2n) is 10.9. The van der Waals surface area contributed by atoms with E-state index < -0.39 is 11.6 Å². The second kappa shape index (κ2) is 13.5. The van der Waals surface area contributed by atoms with E-state index in [-0.39, 0.29) is 12.2 Å². The van der Waals surface area contributed by atoms with Gasteiger partial charge in [0.05, 0.1) is 34.4 Å². The molecule has 10 nitrogen and oxygen atoms in total. The van der Waals surface area contributed by atoms with E-state index in [0.717, 1.165) is 35.1 Å². The standard InChI is InChI=1S/C33H39N3O7/c1-22-10-12-24(13-11-22)21-36-32(39)35(20-25-18-27(40-4)30(42-6)28(19-25)41-5)29(34-36)9-7-8-23-14-16-26(17-15-23)43-33(2,3)31(37)38/h10-19H,7-9,20-21H2,1-6H3,(H,37,38). The number of carbonyl (C=O) groups is 1. The predicted molar refractivity (Wildman–Crippen MR) is 163 cm³/mol. The molecule has 0 aliphatic rings. The Hall–Kier alpha value is -4.73. The fourth-order valence-corrected chi connectivity index (χ4v) is 4.72. The van der Waals surface area contributed by atoms with Crippen LogP contribution in [0.25, 0.3) is 0 Å². The van der Waals surface area contributed by atoms with Crippen LogP contribution < -0.4 is 24.6 Å². The van der Waals surface area contributed by atoms with Crippen molar-refractivity contribution in [1.29, 1.82) is 0 Å². The number of nitrogens with zero attached hydrogens (tertiary/aromatic N) is 3. The summed E-state index contributed by atoms with van der Waals surface area (Å²) >= 11 is 0. The molecular formula is C33H39N3O7. The van der Waals surface area contributed by atoms with Crippen molar-refractivity contribution in [2.75, 3.05) is 21.3 Å². The van der Waals surface area contributed by atoms with Crippen molar-refractivity contribution in [2.45, 2.75) is 58.7 Å². The number of rotatable bonds is 14. The van der Waals surface area contributed by atoms with Crippen molar-refractivity contribution < 1.29 is 28.8 Å². The van der Waals surface area contributed by atoms with Gasteiger partial charge in [0.1, 0.15) is 11.6 Å². The first-order valence-electron chi connectivity index (χ1n) is 14.1. The maximum absolute atomic E-state index is 13.7. The van der Waals surface area contributed by atoms with Gasteiger partial charge in [-0.25, -0.2) is 14.3 Å². The normalized spacial score (nSPS) is 11.3. The van der Waals surface area contributed by atoms with Crippen LogP contribution in [0.1, 0.15) is 48.3 Å². The zero-order chi connectivity index (χ0) is 31.1. The molecule has 228 valence electrons. The minimum absolute atomic E-state index is 0.202. The minimum atomic E-state index is -1.32. The lowest BCUT2D eigenvalue weighted by Crippen LogP contribution is -2.37. The maximum Gasteiger partial charge on any atom is 0.347 e. The average Bonchev–Trinajstić information content (AvgIpc) is 3.27. The van der Waals surface area contributed by atoms with E-state index in [1.807, 2.05) is 55.5 Å². The summed E-state index contributed by atoms with van der Waals surface area (Å²) in [6.45, 7) is 5.70. The molecule has 43 heavy (non-hydrogen) atoms. The Morgan fingerprint density at radius 2 is 1.44 bits per heavy atom. The molecule has 0 aliphatic carbocycles. The number of aliphatic carboxylic acids is 1. The number of benzene rings is 3. The number of hydrogen-bond acceptors (Lipinski definition) is 7. The van der Waals surface area contributed by atoms with Crippen LogP contribution in [0, 0.1) is 6.92 Å². The molecule has 4 rings (SSSR count). The smallest absolute Gasteiger partial charge is 0.347 e. The van der Waals surface area contributed by atoms with Gasteiger partial charge in [0.15, 0.2) is 17.1 Å². The highest BCUT2D eigenvalue weighted by molar-refractivity contribution is 5.76. The molecule has 0 saturated carbocycles. The van der Waals surface area contributed by atoms with Crippen molar-refractivity contribution in [3.8, 4) is 23.0 Å². The van der Waals surface area contributed by atoms with Gasteiger partial charge in [0.25, 0.3) is 0 Å². The van der Waals surface area contributed by atoms with E-state index in [1.165, 1.54) is 18.5 Å². The number of hydrogen-bond donors (Lipinski definition) is 1. The van der Waals surface area contributed by atoms with Crippen molar-refractivity contribution in [3.63, 3.8) is 0 Å². The van der Waals surface area contributed by atoms with E-state index in [9.17, 15) is 14.7 Å².